The number of methoxy groups -OCH3 is 1. The third-order valence-electron chi connectivity index (χ3n) is 2.13. The Hall–Kier alpha value is -1.94. The molecule has 1 aromatic carbocycles. The van der Waals surface area contributed by atoms with E-state index in [-0.39, 0.29) is 0 Å². The van der Waals surface area contributed by atoms with Crippen LogP contribution in [0.2, 0.25) is 5.02 Å². The summed E-state index contributed by atoms with van der Waals surface area (Å²) in [4.78, 5) is 10.5. The maximum absolute atomic E-state index is 10.5. The van der Waals surface area contributed by atoms with Gasteiger partial charge in [-0.1, -0.05) is 18.2 Å². The second-order valence-electron chi connectivity index (χ2n) is 3.95. The van der Waals surface area contributed by atoms with Crippen LogP contribution in [0.3, 0.4) is 0 Å². The Morgan fingerprint density at radius 3 is 2.74 bits per heavy atom. The van der Waals surface area contributed by atoms with Crippen molar-refractivity contribution in [3.05, 3.63) is 40.9 Å². The molecule has 0 bridgehead atoms. The van der Waals surface area contributed by atoms with Gasteiger partial charge in [0.25, 0.3) is 0 Å². The molecule has 0 aliphatic carbocycles. The summed E-state index contributed by atoms with van der Waals surface area (Å²) in [6.07, 6.45) is 2.46. The van der Waals surface area contributed by atoms with Gasteiger partial charge in [-0.05, 0) is 36.3 Å². The quantitative estimate of drug-likeness (QED) is 0.642. The lowest BCUT2D eigenvalue weighted by molar-refractivity contribution is -0.131. The summed E-state index contributed by atoms with van der Waals surface area (Å²) < 4.78 is 10.7. The summed E-state index contributed by atoms with van der Waals surface area (Å²) in [5, 5.41) is 8.94. The molecule has 0 aliphatic rings. The molecule has 0 radical (unpaired) electrons. The first-order chi connectivity index (χ1) is 8.93. The zero-order valence-electron chi connectivity index (χ0n) is 10.8. The Labute approximate surface area is 116 Å². The first-order valence-corrected chi connectivity index (χ1v) is 5.87. The zero-order valence-corrected chi connectivity index (χ0v) is 11.5. The fourth-order valence-corrected chi connectivity index (χ4v) is 1.61. The van der Waals surface area contributed by atoms with E-state index in [9.17, 15) is 4.79 Å². The summed E-state index contributed by atoms with van der Waals surface area (Å²) in [6.45, 7) is 5.91. The van der Waals surface area contributed by atoms with Crippen LogP contribution < -0.4 is 9.47 Å². The van der Waals surface area contributed by atoms with Gasteiger partial charge in [-0.25, -0.2) is 4.79 Å². The SMILES string of the molecule is C=C(C)COc1c(Cl)cc(/C=C/C(=O)O)cc1OC. The molecule has 0 amide bonds. The third kappa shape index (κ3) is 4.67. The first kappa shape index (κ1) is 15.1. The van der Waals surface area contributed by atoms with E-state index in [0.29, 0.717) is 28.7 Å². The van der Waals surface area contributed by atoms with Gasteiger partial charge in [-0.2, -0.15) is 0 Å². The molecule has 0 atom stereocenters. The van der Waals surface area contributed by atoms with Crippen LogP contribution in [0.25, 0.3) is 6.08 Å². The molecule has 1 rings (SSSR count). The summed E-state index contributed by atoms with van der Waals surface area (Å²) in [5.74, 6) is -0.170. The van der Waals surface area contributed by atoms with Crippen molar-refractivity contribution >= 4 is 23.6 Å². The number of benzene rings is 1. The molecule has 0 aliphatic heterocycles. The van der Waals surface area contributed by atoms with Gasteiger partial charge < -0.3 is 14.6 Å². The molecular weight excluding hydrogens is 268 g/mol. The number of carboxylic acids is 1. The van der Waals surface area contributed by atoms with Crippen LogP contribution in [-0.2, 0) is 4.79 Å². The summed E-state index contributed by atoms with van der Waals surface area (Å²) in [5.41, 5.74) is 1.47. The molecule has 4 nitrogen and oxygen atoms in total. The second kappa shape index (κ2) is 6.85. The smallest absolute Gasteiger partial charge is 0.328 e. The molecule has 0 fully saturated rings. The van der Waals surface area contributed by atoms with E-state index in [2.05, 4.69) is 6.58 Å². The summed E-state index contributed by atoms with van der Waals surface area (Å²) in [7, 11) is 1.49. The second-order valence-corrected chi connectivity index (χ2v) is 4.36. The van der Waals surface area contributed by atoms with Crippen LogP contribution in [0.4, 0.5) is 0 Å². The van der Waals surface area contributed by atoms with E-state index < -0.39 is 5.97 Å². The molecule has 5 heteroatoms. The average Bonchev–Trinajstić information content (AvgIpc) is 2.34. The highest BCUT2D eigenvalue weighted by atomic mass is 35.5. The van der Waals surface area contributed by atoms with Crippen LogP contribution in [0.15, 0.2) is 30.4 Å². The molecule has 0 saturated heterocycles. The highest BCUT2D eigenvalue weighted by Gasteiger charge is 2.11. The standard InChI is InChI=1S/C14H15ClO4/c1-9(2)8-19-14-11(15)6-10(4-5-13(16)17)7-12(14)18-3/h4-7H,1,8H2,2-3H3,(H,16,17)/b5-4+. The van der Waals surface area contributed by atoms with Crippen molar-refractivity contribution in [1.82, 2.24) is 0 Å². The minimum absolute atomic E-state index is 0.334. The first-order valence-electron chi connectivity index (χ1n) is 5.49. The van der Waals surface area contributed by atoms with Crippen molar-refractivity contribution in [2.24, 2.45) is 0 Å². The monoisotopic (exact) mass is 282 g/mol. The molecule has 0 saturated carbocycles. The number of aliphatic carboxylic acids is 1. The highest BCUT2D eigenvalue weighted by molar-refractivity contribution is 6.32. The molecule has 0 heterocycles. The molecule has 0 spiro atoms. The molecule has 0 aromatic heterocycles. The molecular formula is C14H15ClO4. The summed E-state index contributed by atoms with van der Waals surface area (Å²) in [6, 6.07) is 3.26. The van der Waals surface area contributed by atoms with Gasteiger partial charge >= 0.3 is 5.97 Å². The van der Waals surface area contributed by atoms with E-state index in [1.807, 2.05) is 6.92 Å². The predicted molar refractivity (Wildman–Crippen MR) is 75.0 cm³/mol. The molecule has 1 aromatic rings. The number of ether oxygens (including phenoxy) is 2. The van der Waals surface area contributed by atoms with Crippen LogP contribution in [-0.4, -0.2) is 24.8 Å². The summed E-state index contributed by atoms with van der Waals surface area (Å²) >= 11 is 6.10. The van der Waals surface area contributed by atoms with Crippen LogP contribution in [0, 0.1) is 0 Å². The Morgan fingerprint density at radius 1 is 1.53 bits per heavy atom. The van der Waals surface area contributed by atoms with Gasteiger partial charge in [0.1, 0.15) is 6.61 Å². The fourth-order valence-electron chi connectivity index (χ4n) is 1.34. The van der Waals surface area contributed by atoms with Crippen molar-refractivity contribution in [1.29, 1.82) is 0 Å². The van der Waals surface area contributed by atoms with E-state index in [1.54, 1.807) is 12.1 Å². The number of halogens is 1. The number of hydrogen-bond acceptors (Lipinski definition) is 3. The van der Waals surface area contributed by atoms with Gasteiger partial charge in [-0.15, -0.1) is 0 Å². The minimum Gasteiger partial charge on any atom is -0.493 e. The topological polar surface area (TPSA) is 55.8 Å². The van der Waals surface area contributed by atoms with Gasteiger partial charge in [-0.3, -0.25) is 0 Å². The number of rotatable bonds is 6. The van der Waals surface area contributed by atoms with E-state index in [1.165, 1.54) is 13.2 Å². The van der Waals surface area contributed by atoms with Crippen LogP contribution in [0.1, 0.15) is 12.5 Å². The Bertz CT molecular complexity index is 520. The third-order valence-corrected chi connectivity index (χ3v) is 2.41. The van der Waals surface area contributed by atoms with Crippen molar-refractivity contribution < 1.29 is 19.4 Å². The maximum atomic E-state index is 10.5. The maximum Gasteiger partial charge on any atom is 0.328 e. The molecule has 19 heavy (non-hydrogen) atoms. The average molecular weight is 283 g/mol. The Kier molecular flexibility index (Phi) is 5.45. The van der Waals surface area contributed by atoms with E-state index in [4.69, 9.17) is 26.2 Å². The largest absolute Gasteiger partial charge is 0.493 e. The molecule has 0 unspecified atom stereocenters. The lowest BCUT2D eigenvalue weighted by Gasteiger charge is -2.13. The number of carboxylic acid groups (broad SMARTS) is 1. The van der Waals surface area contributed by atoms with Crippen molar-refractivity contribution in [2.75, 3.05) is 13.7 Å². The predicted octanol–water partition coefficient (Wildman–Crippen LogP) is 3.40. The Balaban J connectivity index is 3.07. The number of carbonyl (C=O) groups is 1. The lowest BCUT2D eigenvalue weighted by Crippen LogP contribution is -2.00. The highest BCUT2D eigenvalue weighted by Crippen LogP contribution is 2.36. The van der Waals surface area contributed by atoms with E-state index >= 15 is 0 Å². The van der Waals surface area contributed by atoms with Crippen molar-refractivity contribution in [3.63, 3.8) is 0 Å². The van der Waals surface area contributed by atoms with Crippen LogP contribution >= 0.6 is 11.6 Å². The lowest BCUT2D eigenvalue weighted by atomic mass is 10.2. The molecule has 1 N–H and O–H groups in total. The van der Waals surface area contributed by atoms with Crippen molar-refractivity contribution in [3.8, 4) is 11.5 Å². The van der Waals surface area contributed by atoms with Crippen LogP contribution in [0.5, 0.6) is 11.5 Å². The zero-order chi connectivity index (χ0) is 14.4. The molecule has 102 valence electrons. The minimum atomic E-state index is -1.03. The number of hydrogen-bond donors (Lipinski definition) is 1. The fraction of sp³-hybridized carbons (Fsp3) is 0.214. The van der Waals surface area contributed by atoms with Gasteiger partial charge in [0.2, 0.25) is 0 Å². The van der Waals surface area contributed by atoms with E-state index in [0.717, 1.165) is 11.6 Å². The van der Waals surface area contributed by atoms with Crippen molar-refractivity contribution in [2.45, 2.75) is 6.92 Å². The van der Waals surface area contributed by atoms with Gasteiger partial charge in [0, 0.05) is 6.08 Å². The van der Waals surface area contributed by atoms with Gasteiger partial charge in [0.05, 0.1) is 12.1 Å². The Morgan fingerprint density at radius 2 is 2.21 bits per heavy atom. The normalized spacial score (nSPS) is 10.5. The van der Waals surface area contributed by atoms with Gasteiger partial charge in [0.15, 0.2) is 11.5 Å².